The number of hydrogen-bond acceptors (Lipinski definition) is 3. The highest BCUT2D eigenvalue weighted by atomic mass is 16.3. The van der Waals surface area contributed by atoms with E-state index in [1.165, 1.54) is 54.4 Å². The van der Waals surface area contributed by atoms with Crippen LogP contribution in [-0.4, -0.2) is 23.5 Å². The fraction of sp³-hybridized carbons (Fsp3) is 0. The van der Waals surface area contributed by atoms with E-state index in [-0.39, 0.29) is 0 Å². The van der Waals surface area contributed by atoms with E-state index in [0.717, 1.165) is 72.1 Å². The van der Waals surface area contributed by atoms with Crippen molar-refractivity contribution >= 4 is 93.0 Å². The van der Waals surface area contributed by atoms with Gasteiger partial charge in [0, 0.05) is 49.0 Å². The molecule has 0 bridgehead atoms. The largest absolute Gasteiger partial charge is 0.437 e. The van der Waals surface area contributed by atoms with Crippen LogP contribution < -0.4 is 0 Å². The van der Waals surface area contributed by atoms with E-state index >= 15 is 0 Å². The number of hydrogen-bond donors (Lipinski definition) is 0. The number of furan rings is 1. The zero-order valence-corrected chi connectivity index (χ0v) is 34.2. The number of rotatable bonds is 5. The van der Waals surface area contributed by atoms with Crippen LogP contribution in [0.2, 0.25) is 0 Å². The van der Waals surface area contributed by atoms with Crippen LogP contribution in [0.3, 0.4) is 0 Å². The van der Waals surface area contributed by atoms with Gasteiger partial charge >= 0.3 is 0 Å². The average molecular weight is 816 g/mol. The monoisotopic (exact) mass is 815 g/mol. The lowest BCUT2D eigenvalue weighted by molar-refractivity contribution is 0.651. The van der Waals surface area contributed by atoms with E-state index in [0.29, 0.717) is 11.7 Å². The molecule has 296 valence electrons. The van der Waals surface area contributed by atoms with Crippen LogP contribution in [0.1, 0.15) is 0 Å². The van der Waals surface area contributed by atoms with Crippen LogP contribution in [0, 0.1) is 0 Å². The van der Waals surface area contributed by atoms with Crippen molar-refractivity contribution < 1.29 is 4.42 Å². The fourth-order valence-electron chi connectivity index (χ4n) is 11.0. The van der Waals surface area contributed by atoms with Crippen LogP contribution in [0.25, 0.3) is 138 Å². The maximum atomic E-state index is 6.73. The van der Waals surface area contributed by atoms with Crippen molar-refractivity contribution in [2.24, 2.45) is 0 Å². The predicted octanol–water partition coefficient (Wildman–Crippen LogP) is 15.0. The summed E-state index contributed by atoms with van der Waals surface area (Å²) in [5.74, 6) is 0.557. The van der Waals surface area contributed by atoms with Gasteiger partial charge in [-0.3, -0.25) is 4.57 Å². The van der Waals surface area contributed by atoms with Crippen LogP contribution in [0.5, 0.6) is 0 Å². The normalized spacial score (nSPS) is 12.4. The summed E-state index contributed by atoms with van der Waals surface area (Å²) in [6, 6.07) is 71.7. The molecule has 0 atom stereocenters. The molecule has 0 saturated carbocycles. The highest BCUT2D eigenvalue weighted by Gasteiger charge is 2.29. The summed E-state index contributed by atoms with van der Waals surface area (Å²) in [6.45, 7) is 0. The molecule has 15 rings (SSSR count). The standard InChI is InChI=1S/C58H33N5O/c1-4-15-34(16-5-1)36-31-37(35-17-6-2-7-18-35)33-38(32-36)55-50-42-22-11-13-26-49(42)64-57(50)60-58(59-55)63-47-30-29-46-52-51-44(61(46)39-19-8-3-9-20-39)24-14-25-45(51)62-43-23-12-10-21-40(43)41-27-28-48(63)54(53(47)52)56(41)62/h1-33H. The van der Waals surface area contributed by atoms with Gasteiger partial charge < -0.3 is 13.4 Å². The molecule has 64 heavy (non-hydrogen) atoms. The van der Waals surface area contributed by atoms with Crippen molar-refractivity contribution in [3.63, 3.8) is 0 Å². The van der Waals surface area contributed by atoms with Crippen molar-refractivity contribution in [1.82, 2.24) is 23.5 Å². The molecular weight excluding hydrogens is 783 g/mol. The Morgan fingerprint density at radius 3 is 1.67 bits per heavy atom. The van der Waals surface area contributed by atoms with Crippen molar-refractivity contribution in [2.45, 2.75) is 0 Å². The van der Waals surface area contributed by atoms with Gasteiger partial charge in [-0.15, -0.1) is 0 Å². The van der Waals surface area contributed by atoms with Gasteiger partial charge in [0.25, 0.3) is 0 Å². The molecule has 0 aliphatic carbocycles. The second-order valence-electron chi connectivity index (χ2n) is 16.9. The van der Waals surface area contributed by atoms with Gasteiger partial charge in [0.05, 0.1) is 49.7 Å². The Balaban J connectivity index is 1.11. The molecule has 0 aliphatic rings. The highest BCUT2D eigenvalue weighted by molar-refractivity contribution is 6.38. The first kappa shape index (κ1) is 33.9. The number of para-hydroxylation sites is 3. The summed E-state index contributed by atoms with van der Waals surface area (Å²) in [5, 5.41) is 9.16. The lowest BCUT2D eigenvalue weighted by Gasteiger charge is -2.13. The number of benzene rings is 9. The number of fused-ring (bicyclic) bond motifs is 7. The molecule has 9 aromatic carbocycles. The molecule has 6 heterocycles. The lowest BCUT2D eigenvalue weighted by atomic mass is 9.94. The van der Waals surface area contributed by atoms with Crippen LogP contribution >= 0.6 is 0 Å². The zero-order valence-electron chi connectivity index (χ0n) is 34.2. The minimum atomic E-state index is 0.550. The highest BCUT2D eigenvalue weighted by Crippen LogP contribution is 2.49. The number of aromatic nitrogens is 5. The van der Waals surface area contributed by atoms with Crippen molar-refractivity contribution in [2.75, 3.05) is 0 Å². The van der Waals surface area contributed by atoms with E-state index in [4.69, 9.17) is 14.4 Å². The molecule has 15 aromatic rings. The van der Waals surface area contributed by atoms with Gasteiger partial charge in [-0.2, -0.15) is 4.98 Å². The van der Waals surface area contributed by atoms with E-state index in [9.17, 15) is 0 Å². The van der Waals surface area contributed by atoms with Crippen molar-refractivity contribution in [3.8, 4) is 45.1 Å². The van der Waals surface area contributed by atoms with Crippen LogP contribution in [0.15, 0.2) is 205 Å². The Bertz CT molecular complexity index is 4290. The topological polar surface area (TPSA) is 53.2 Å². The van der Waals surface area contributed by atoms with Crippen molar-refractivity contribution in [1.29, 1.82) is 0 Å². The summed E-state index contributed by atoms with van der Waals surface area (Å²) in [5.41, 5.74) is 16.7. The first-order valence-electron chi connectivity index (χ1n) is 21.7. The summed E-state index contributed by atoms with van der Waals surface area (Å²) in [7, 11) is 0. The van der Waals surface area contributed by atoms with Gasteiger partial charge in [0.2, 0.25) is 11.7 Å². The van der Waals surface area contributed by atoms with Crippen LogP contribution in [-0.2, 0) is 0 Å². The third kappa shape index (κ3) is 4.43. The minimum Gasteiger partial charge on any atom is -0.437 e. The van der Waals surface area contributed by atoms with Gasteiger partial charge in [-0.05, 0) is 95.1 Å². The molecule has 0 saturated heterocycles. The summed E-state index contributed by atoms with van der Waals surface area (Å²) < 4.78 is 13.9. The first-order valence-corrected chi connectivity index (χ1v) is 21.7. The molecule has 0 spiro atoms. The molecule has 0 fully saturated rings. The van der Waals surface area contributed by atoms with E-state index in [1.807, 2.05) is 12.1 Å². The Kier molecular flexibility index (Phi) is 6.59. The Morgan fingerprint density at radius 2 is 0.906 bits per heavy atom. The molecule has 0 amide bonds. The summed E-state index contributed by atoms with van der Waals surface area (Å²) in [4.78, 5) is 11.1. The molecule has 6 nitrogen and oxygen atoms in total. The van der Waals surface area contributed by atoms with Gasteiger partial charge in [-0.1, -0.05) is 127 Å². The molecule has 6 heteroatoms. The second-order valence-corrected chi connectivity index (χ2v) is 16.9. The van der Waals surface area contributed by atoms with E-state index in [2.05, 4.69) is 202 Å². The Hall–Kier alpha value is -8.74. The van der Waals surface area contributed by atoms with E-state index in [1.54, 1.807) is 0 Å². The predicted molar refractivity (Wildman–Crippen MR) is 263 cm³/mol. The number of nitrogens with zero attached hydrogens (tertiary/aromatic N) is 5. The van der Waals surface area contributed by atoms with Gasteiger partial charge in [0.15, 0.2) is 0 Å². The lowest BCUT2D eigenvalue weighted by Crippen LogP contribution is -2.03. The summed E-state index contributed by atoms with van der Waals surface area (Å²) >= 11 is 0. The van der Waals surface area contributed by atoms with Gasteiger partial charge in [0.1, 0.15) is 5.58 Å². The third-order valence-electron chi connectivity index (χ3n) is 13.6. The smallest absolute Gasteiger partial charge is 0.238 e. The zero-order chi connectivity index (χ0) is 41.6. The molecule has 0 aliphatic heterocycles. The minimum absolute atomic E-state index is 0.550. The molecular formula is C58H33N5O. The van der Waals surface area contributed by atoms with Gasteiger partial charge in [-0.25, -0.2) is 4.98 Å². The Morgan fingerprint density at radius 1 is 0.344 bits per heavy atom. The molecule has 0 radical (unpaired) electrons. The maximum absolute atomic E-state index is 6.73. The summed E-state index contributed by atoms with van der Waals surface area (Å²) in [6.07, 6.45) is 0. The quantitative estimate of drug-likeness (QED) is 0.174. The Labute approximate surface area is 364 Å². The SMILES string of the molecule is c1ccc(-c2cc(-c3ccccc3)cc(-c3nc(-n4c5ccc6c7c5c5c4ccc4c8ccccc8n(c8cccc(c78)n6-c6ccccc6)c45)nc4oc5ccccc5c34)c2)cc1. The second kappa shape index (κ2) is 12.4. The van der Waals surface area contributed by atoms with Crippen molar-refractivity contribution in [3.05, 3.63) is 200 Å². The molecule has 6 aromatic heterocycles. The molecule has 0 unspecified atom stereocenters. The maximum Gasteiger partial charge on any atom is 0.238 e. The third-order valence-corrected chi connectivity index (χ3v) is 13.6. The first-order chi connectivity index (χ1) is 31.8. The molecule has 0 N–H and O–H groups in total. The average Bonchev–Trinajstić information content (AvgIpc) is 4.08. The van der Waals surface area contributed by atoms with E-state index < -0.39 is 0 Å². The van der Waals surface area contributed by atoms with Crippen LogP contribution in [0.4, 0.5) is 0 Å². The fourth-order valence-corrected chi connectivity index (χ4v) is 11.0.